The number of aryl methyl sites for hydroxylation is 1. The number of hydrogen-bond acceptors (Lipinski definition) is 5. The fourth-order valence-electron chi connectivity index (χ4n) is 1.89. The second-order valence-corrected chi connectivity index (χ2v) is 5.23. The number of pyridine rings is 1. The van der Waals surface area contributed by atoms with E-state index in [4.69, 9.17) is 4.74 Å². The molecule has 112 valence electrons. The molecule has 0 unspecified atom stereocenters. The highest BCUT2D eigenvalue weighted by Crippen LogP contribution is 2.29. The predicted octanol–water partition coefficient (Wildman–Crippen LogP) is 3.84. The summed E-state index contributed by atoms with van der Waals surface area (Å²) in [5.41, 5.74) is 1.75. The summed E-state index contributed by atoms with van der Waals surface area (Å²) in [5, 5.41) is 3.27. The van der Waals surface area contributed by atoms with Crippen LogP contribution in [0.1, 0.15) is 43.8 Å². The third-order valence-corrected chi connectivity index (χ3v) is 3.14. The Balaban J connectivity index is 2.44. The molecular formula is C16H22N4O. The fourth-order valence-corrected chi connectivity index (χ4v) is 1.89. The molecule has 0 saturated heterocycles. The van der Waals surface area contributed by atoms with Crippen molar-refractivity contribution in [3.05, 3.63) is 35.4 Å². The van der Waals surface area contributed by atoms with E-state index in [1.165, 1.54) is 0 Å². The monoisotopic (exact) mass is 286 g/mol. The lowest BCUT2D eigenvalue weighted by molar-refractivity contribution is 0.447. The minimum Gasteiger partial charge on any atom is -0.437 e. The molecule has 0 fully saturated rings. The van der Waals surface area contributed by atoms with Gasteiger partial charge in [0.2, 0.25) is 5.88 Å². The van der Waals surface area contributed by atoms with Crippen molar-refractivity contribution in [1.29, 1.82) is 0 Å². The first-order valence-corrected chi connectivity index (χ1v) is 7.24. The third kappa shape index (κ3) is 3.48. The third-order valence-electron chi connectivity index (χ3n) is 3.14. The summed E-state index contributed by atoms with van der Waals surface area (Å²) in [6.45, 7) is 10.9. The van der Waals surface area contributed by atoms with Crippen LogP contribution in [0.2, 0.25) is 0 Å². The number of nitrogens with one attached hydrogen (secondary N) is 1. The molecule has 0 saturated carbocycles. The van der Waals surface area contributed by atoms with E-state index in [2.05, 4.69) is 34.1 Å². The van der Waals surface area contributed by atoms with Crippen LogP contribution in [0.25, 0.3) is 0 Å². The standard InChI is InChI=1S/C16H22N4O/c1-6-17-15-11(4)16(20-14(19-15)10(2)3)21-13-8-7-9-18-12(13)5/h7-10H,6H2,1-5H3,(H,17,19,20). The molecule has 2 rings (SSSR count). The molecule has 5 nitrogen and oxygen atoms in total. The maximum Gasteiger partial charge on any atom is 0.227 e. The Labute approximate surface area is 125 Å². The van der Waals surface area contributed by atoms with Crippen molar-refractivity contribution in [2.45, 2.75) is 40.5 Å². The molecule has 2 heterocycles. The van der Waals surface area contributed by atoms with Gasteiger partial charge in [-0.3, -0.25) is 4.98 Å². The van der Waals surface area contributed by atoms with E-state index < -0.39 is 0 Å². The summed E-state index contributed by atoms with van der Waals surface area (Å²) in [4.78, 5) is 13.4. The lowest BCUT2D eigenvalue weighted by Gasteiger charge is -2.15. The summed E-state index contributed by atoms with van der Waals surface area (Å²) >= 11 is 0. The van der Waals surface area contributed by atoms with Gasteiger partial charge in [0, 0.05) is 18.7 Å². The van der Waals surface area contributed by atoms with Crippen LogP contribution in [0.5, 0.6) is 11.6 Å². The Morgan fingerprint density at radius 2 is 2.00 bits per heavy atom. The van der Waals surface area contributed by atoms with Crippen molar-refractivity contribution >= 4 is 5.82 Å². The minimum absolute atomic E-state index is 0.236. The van der Waals surface area contributed by atoms with Crippen molar-refractivity contribution in [3.8, 4) is 11.6 Å². The number of ether oxygens (including phenoxy) is 1. The second-order valence-electron chi connectivity index (χ2n) is 5.23. The zero-order chi connectivity index (χ0) is 15.4. The predicted molar refractivity (Wildman–Crippen MR) is 84.1 cm³/mol. The Morgan fingerprint density at radius 3 is 2.62 bits per heavy atom. The van der Waals surface area contributed by atoms with Crippen molar-refractivity contribution in [2.75, 3.05) is 11.9 Å². The van der Waals surface area contributed by atoms with E-state index in [1.54, 1.807) is 6.20 Å². The quantitative estimate of drug-likeness (QED) is 0.905. The average molecular weight is 286 g/mol. The molecule has 2 aromatic rings. The molecule has 0 aliphatic rings. The van der Waals surface area contributed by atoms with Crippen LogP contribution in [0.3, 0.4) is 0 Å². The summed E-state index contributed by atoms with van der Waals surface area (Å²) in [6.07, 6.45) is 1.75. The van der Waals surface area contributed by atoms with Gasteiger partial charge in [0.05, 0.1) is 11.3 Å². The largest absolute Gasteiger partial charge is 0.437 e. The summed E-state index contributed by atoms with van der Waals surface area (Å²) in [6, 6.07) is 3.75. The van der Waals surface area contributed by atoms with Crippen molar-refractivity contribution in [3.63, 3.8) is 0 Å². The molecular weight excluding hydrogens is 264 g/mol. The molecule has 0 spiro atoms. The van der Waals surface area contributed by atoms with Gasteiger partial charge in [0.25, 0.3) is 0 Å². The van der Waals surface area contributed by atoms with Gasteiger partial charge < -0.3 is 10.1 Å². The van der Waals surface area contributed by atoms with E-state index in [0.717, 1.165) is 35.2 Å². The number of nitrogens with zero attached hydrogens (tertiary/aromatic N) is 3. The van der Waals surface area contributed by atoms with Gasteiger partial charge in [-0.25, -0.2) is 4.98 Å². The van der Waals surface area contributed by atoms with Crippen LogP contribution >= 0.6 is 0 Å². The zero-order valence-corrected chi connectivity index (χ0v) is 13.3. The Bertz CT molecular complexity index is 626. The van der Waals surface area contributed by atoms with Crippen LogP contribution in [0.4, 0.5) is 5.82 Å². The van der Waals surface area contributed by atoms with Gasteiger partial charge in [-0.05, 0) is 32.9 Å². The van der Waals surface area contributed by atoms with Gasteiger partial charge in [0.15, 0.2) is 5.75 Å². The Hall–Kier alpha value is -2.17. The summed E-state index contributed by atoms with van der Waals surface area (Å²) < 4.78 is 5.96. The van der Waals surface area contributed by atoms with E-state index in [-0.39, 0.29) is 5.92 Å². The molecule has 2 aromatic heterocycles. The molecule has 0 radical (unpaired) electrons. The van der Waals surface area contributed by atoms with Crippen LogP contribution in [-0.2, 0) is 0 Å². The van der Waals surface area contributed by atoms with Crippen molar-refractivity contribution in [2.24, 2.45) is 0 Å². The van der Waals surface area contributed by atoms with Gasteiger partial charge in [-0.1, -0.05) is 13.8 Å². The maximum absolute atomic E-state index is 5.96. The van der Waals surface area contributed by atoms with Gasteiger partial charge in [-0.15, -0.1) is 0 Å². The molecule has 0 aromatic carbocycles. The number of anilines is 1. The molecule has 0 aliphatic heterocycles. The van der Waals surface area contributed by atoms with Gasteiger partial charge >= 0.3 is 0 Å². The SMILES string of the molecule is CCNc1nc(C(C)C)nc(Oc2cccnc2C)c1C. The van der Waals surface area contributed by atoms with Gasteiger partial charge in [-0.2, -0.15) is 4.98 Å². The highest BCUT2D eigenvalue weighted by atomic mass is 16.5. The number of hydrogen-bond donors (Lipinski definition) is 1. The smallest absolute Gasteiger partial charge is 0.227 e. The van der Waals surface area contributed by atoms with E-state index >= 15 is 0 Å². The second kappa shape index (κ2) is 6.52. The van der Waals surface area contributed by atoms with Crippen molar-refractivity contribution < 1.29 is 4.74 Å². The van der Waals surface area contributed by atoms with Crippen LogP contribution < -0.4 is 10.1 Å². The van der Waals surface area contributed by atoms with E-state index in [0.29, 0.717) is 5.88 Å². The minimum atomic E-state index is 0.236. The molecule has 5 heteroatoms. The molecule has 1 N–H and O–H groups in total. The highest BCUT2D eigenvalue weighted by molar-refractivity contribution is 5.50. The first kappa shape index (κ1) is 15.2. The number of aromatic nitrogens is 3. The van der Waals surface area contributed by atoms with E-state index in [9.17, 15) is 0 Å². The fraction of sp³-hybridized carbons (Fsp3) is 0.438. The van der Waals surface area contributed by atoms with E-state index in [1.807, 2.05) is 32.9 Å². The molecule has 0 bridgehead atoms. The summed E-state index contributed by atoms with van der Waals surface area (Å²) in [5.74, 6) is 3.14. The van der Waals surface area contributed by atoms with Gasteiger partial charge in [0.1, 0.15) is 11.6 Å². The van der Waals surface area contributed by atoms with Crippen molar-refractivity contribution in [1.82, 2.24) is 15.0 Å². The summed E-state index contributed by atoms with van der Waals surface area (Å²) in [7, 11) is 0. The zero-order valence-electron chi connectivity index (χ0n) is 13.3. The molecule has 0 amide bonds. The first-order valence-electron chi connectivity index (χ1n) is 7.24. The molecule has 0 atom stereocenters. The molecule has 21 heavy (non-hydrogen) atoms. The van der Waals surface area contributed by atoms with Crippen LogP contribution in [0, 0.1) is 13.8 Å². The topological polar surface area (TPSA) is 59.9 Å². The lowest BCUT2D eigenvalue weighted by Crippen LogP contribution is -2.09. The van der Waals surface area contributed by atoms with Crippen LogP contribution in [-0.4, -0.2) is 21.5 Å². The Morgan fingerprint density at radius 1 is 1.24 bits per heavy atom. The maximum atomic E-state index is 5.96. The lowest BCUT2D eigenvalue weighted by atomic mass is 10.2. The first-order chi connectivity index (χ1) is 10.0. The highest BCUT2D eigenvalue weighted by Gasteiger charge is 2.15. The Kier molecular flexibility index (Phi) is 4.73. The average Bonchev–Trinajstić information content (AvgIpc) is 2.45. The normalized spacial score (nSPS) is 10.8. The molecule has 0 aliphatic carbocycles. The number of rotatable bonds is 5. The van der Waals surface area contributed by atoms with Crippen LogP contribution in [0.15, 0.2) is 18.3 Å².